The maximum Gasteiger partial charge on any atom is 0.0751 e. The van der Waals surface area contributed by atoms with Crippen molar-refractivity contribution in [1.82, 2.24) is 0 Å². The van der Waals surface area contributed by atoms with Gasteiger partial charge in [0.05, 0.1) is 12.4 Å². The van der Waals surface area contributed by atoms with E-state index in [2.05, 4.69) is 0 Å². The van der Waals surface area contributed by atoms with Crippen molar-refractivity contribution in [1.29, 1.82) is 0 Å². The predicted octanol–water partition coefficient (Wildman–Crippen LogP) is 1.78. The molecule has 0 amide bonds. The van der Waals surface area contributed by atoms with Crippen LogP contribution in [-0.2, 0) is 0 Å². The van der Waals surface area contributed by atoms with E-state index < -0.39 is 0 Å². The average Bonchev–Trinajstić information content (AvgIpc) is 1.87. The minimum Gasteiger partial charge on any atom is -0.516 e. The Labute approximate surface area is 61.5 Å². The Morgan fingerprint density at radius 3 is 2.40 bits per heavy atom. The van der Waals surface area contributed by atoms with Crippen molar-refractivity contribution >= 4 is 0 Å². The Kier molecular flexibility index (Phi) is 5.88. The molecule has 1 unspecified atom stereocenters. The molecular weight excluding hydrogens is 128 g/mol. The number of aliphatic hydroxyl groups is 2. The summed E-state index contributed by atoms with van der Waals surface area (Å²) in [5, 5.41) is 17.0. The van der Waals surface area contributed by atoms with Gasteiger partial charge in [-0.3, -0.25) is 0 Å². The Morgan fingerprint density at radius 2 is 1.90 bits per heavy atom. The molecule has 0 aromatic carbocycles. The van der Waals surface area contributed by atoms with Crippen molar-refractivity contribution in [2.45, 2.75) is 25.9 Å². The molecule has 0 spiro atoms. The predicted molar refractivity (Wildman–Crippen MR) is 41.8 cm³/mol. The Hall–Kier alpha value is -0.760. The first kappa shape index (κ1) is 9.24. The van der Waals surface area contributed by atoms with E-state index >= 15 is 0 Å². The molecule has 0 saturated carbocycles. The van der Waals surface area contributed by atoms with Crippen molar-refractivity contribution in [2.75, 3.05) is 0 Å². The lowest BCUT2D eigenvalue weighted by molar-refractivity contribution is 0.244. The SMILES string of the molecule is CC(O)C=CCCC=CO. The molecule has 0 aliphatic rings. The second-order valence-electron chi connectivity index (χ2n) is 2.13. The third-order valence-electron chi connectivity index (χ3n) is 1.02. The molecule has 1 atom stereocenters. The summed E-state index contributed by atoms with van der Waals surface area (Å²) in [5.74, 6) is 0. The van der Waals surface area contributed by atoms with E-state index in [1.54, 1.807) is 19.1 Å². The molecule has 2 heteroatoms. The highest BCUT2D eigenvalue weighted by Gasteiger charge is 1.82. The van der Waals surface area contributed by atoms with Crippen molar-refractivity contribution in [3.63, 3.8) is 0 Å². The maximum atomic E-state index is 8.75. The number of hydrogen-bond acceptors (Lipinski definition) is 2. The summed E-state index contributed by atoms with van der Waals surface area (Å²) in [5.41, 5.74) is 0. The van der Waals surface area contributed by atoms with Crippen LogP contribution in [0.5, 0.6) is 0 Å². The molecule has 0 aliphatic heterocycles. The van der Waals surface area contributed by atoms with Gasteiger partial charge in [0.2, 0.25) is 0 Å². The number of aliphatic hydroxyl groups excluding tert-OH is 2. The summed E-state index contributed by atoms with van der Waals surface area (Å²) in [6.07, 6.45) is 7.65. The topological polar surface area (TPSA) is 40.5 Å². The van der Waals surface area contributed by atoms with Crippen molar-refractivity contribution < 1.29 is 10.2 Å². The van der Waals surface area contributed by atoms with E-state index in [1.807, 2.05) is 6.08 Å². The van der Waals surface area contributed by atoms with Crippen LogP contribution in [0.25, 0.3) is 0 Å². The molecule has 0 radical (unpaired) electrons. The first-order valence-electron chi connectivity index (χ1n) is 3.41. The van der Waals surface area contributed by atoms with Gasteiger partial charge in [-0.05, 0) is 25.8 Å². The zero-order chi connectivity index (χ0) is 7.82. The van der Waals surface area contributed by atoms with Gasteiger partial charge in [0.25, 0.3) is 0 Å². The highest BCUT2D eigenvalue weighted by molar-refractivity contribution is 4.88. The number of unbranched alkanes of at least 4 members (excludes halogenated alkanes) is 1. The van der Waals surface area contributed by atoms with Crippen LogP contribution < -0.4 is 0 Å². The van der Waals surface area contributed by atoms with E-state index in [0.29, 0.717) is 0 Å². The molecule has 0 aliphatic carbocycles. The molecule has 2 N–H and O–H groups in total. The molecule has 58 valence electrons. The standard InChI is InChI=1S/C8H14O2/c1-8(10)6-4-2-3-5-7-9/h4-10H,2-3H2,1H3. The minimum atomic E-state index is -0.363. The van der Waals surface area contributed by atoms with Crippen LogP contribution in [-0.4, -0.2) is 16.3 Å². The molecule has 0 heterocycles. The average molecular weight is 142 g/mol. The molecule has 0 saturated heterocycles. The fraction of sp³-hybridized carbons (Fsp3) is 0.500. The molecule has 2 nitrogen and oxygen atoms in total. The second-order valence-corrected chi connectivity index (χ2v) is 2.13. The summed E-state index contributed by atoms with van der Waals surface area (Å²) < 4.78 is 0. The lowest BCUT2D eigenvalue weighted by Gasteiger charge is -1.91. The summed E-state index contributed by atoms with van der Waals surface area (Å²) in [6.45, 7) is 1.71. The van der Waals surface area contributed by atoms with Gasteiger partial charge >= 0.3 is 0 Å². The summed E-state index contributed by atoms with van der Waals surface area (Å²) in [6, 6.07) is 0. The van der Waals surface area contributed by atoms with E-state index in [1.165, 1.54) is 0 Å². The van der Waals surface area contributed by atoms with E-state index in [0.717, 1.165) is 19.1 Å². The number of hydrogen-bond donors (Lipinski definition) is 2. The Balaban J connectivity index is 3.18. The number of allylic oxidation sites excluding steroid dienone is 2. The van der Waals surface area contributed by atoms with Crippen LogP contribution in [0.3, 0.4) is 0 Å². The summed E-state index contributed by atoms with van der Waals surface area (Å²) >= 11 is 0. The van der Waals surface area contributed by atoms with Crippen molar-refractivity contribution in [2.24, 2.45) is 0 Å². The van der Waals surface area contributed by atoms with Crippen LogP contribution in [0.1, 0.15) is 19.8 Å². The van der Waals surface area contributed by atoms with Crippen LogP contribution in [0.2, 0.25) is 0 Å². The first-order valence-corrected chi connectivity index (χ1v) is 3.41. The zero-order valence-corrected chi connectivity index (χ0v) is 6.20. The highest BCUT2D eigenvalue weighted by atomic mass is 16.3. The maximum absolute atomic E-state index is 8.75. The normalized spacial score (nSPS) is 15.0. The van der Waals surface area contributed by atoms with Crippen LogP contribution >= 0.6 is 0 Å². The fourth-order valence-electron chi connectivity index (χ4n) is 0.560. The van der Waals surface area contributed by atoms with Gasteiger partial charge in [0, 0.05) is 0 Å². The third kappa shape index (κ3) is 7.24. The Morgan fingerprint density at radius 1 is 1.30 bits per heavy atom. The monoisotopic (exact) mass is 142 g/mol. The molecule has 0 bridgehead atoms. The van der Waals surface area contributed by atoms with E-state index in [9.17, 15) is 0 Å². The van der Waals surface area contributed by atoms with Crippen LogP contribution in [0, 0.1) is 0 Å². The second kappa shape index (κ2) is 6.36. The first-order chi connectivity index (χ1) is 4.77. The minimum absolute atomic E-state index is 0.363. The quantitative estimate of drug-likeness (QED) is 0.357. The Bertz CT molecular complexity index is 114. The third-order valence-corrected chi connectivity index (χ3v) is 1.02. The molecule has 0 aromatic heterocycles. The van der Waals surface area contributed by atoms with Crippen molar-refractivity contribution in [3.05, 3.63) is 24.5 Å². The lowest BCUT2D eigenvalue weighted by Crippen LogP contribution is -1.90. The van der Waals surface area contributed by atoms with Crippen molar-refractivity contribution in [3.8, 4) is 0 Å². The van der Waals surface area contributed by atoms with E-state index in [-0.39, 0.29) is 6.10 Å². The van der Waals surface area contributed by atoms with Gasteiger partial charge in [0.15, 0.2) is 0 Å². The molecular formula is C8H14O2. The summed E-state index contributed by atoms with van der Waals surface area (Å²) in [4.78, 5) is 0. The van der Waals surface area contributed by atoms with Gasteiger partial charge in [-0.25, -0.2) is 0 Å². The zero-order valence-electron chi connectivity index (χ0n) is 6.20. The summed E-state index contributed by atoms with van der Waals surface area (Å²) in [7, 11) is 0. The highest BCUT2D eigenvalue weighted by Crippen LogP contribution is 1.93. The molecule has 10 heavy (non-hydrogen) atoms. The number of rotatable bonds is 4. The van der Waals surface area contributed by atoms with Gasteiger partial charge in [0.1, 0.15) is 0 Å². The van der Waals surface area contributed by atoms with E-state index in [4.69, 9.17) is 10.2 Å². The van der Waals surface area contributed by atoms with Gasteiger partial charge < -0.3 is 10.2 Å². The van der Waals surface area contributed by atoms with Gasteiger partial charge in [-0.15, -0.1) is 0 Å². The fourth-order valence-corrected chi connectivity index (χ4v) is 0.560. The smallest absolute Gasteiger partial charge is 0.0751 e. The van der Waals surface area contributed by atoms with Gasteiger partial charge in [-0.2, -0.15) is 0 Å². The van der Waals surface area contributed by atoms with Gasteiger partial charge in [-0.1, -0.05) is 12.2 Å². The van der Waals surface area contributed by atoms with Crippen LogP contribution in [0.4, 0.5) is 0 Å². The largest absolute Gasteiger partial charge is 0.516 e. The molecule has 0 aromatic rings. The van der Waals surface area contributed by atoms with Crippen LogP contribution in [0.15, 0.2) is 24.5 Å². The molecule has 0 rings (SSSR count). The molecule has 0 fully saturated rings. The lowest BCUT2D eigenvalue weighted by atomic mass is 10.2.